The molecule has 0 spiro atoms. The van der Waals surface area contributed by atoms with Crippen LogP contribution in [-0.4, -0.2) is 16.5 Å². The fraction of sp³-hybridized carbons (Fsp3) is 0.231. The third kappa shape index (κ3) is 3.02. The Balaban J connectivity index is 2.30. The minimum Gasteiger partial charge on any atom is -0.311 e. The number of nitrogens with zero attached hydrogens (tertiary/aromatic N) is 2. The molecule has 2 aromatic rings. The number of aromatic nitrogens is 2. The first-order valence-corrected chi connectivity index (χ1v) is 5.96. The summed E-state index contributed by atoms with van der Waals surface area (Å²) in [5, 5.41) is 3.91. The van der Waals surface area contributed by atoms with Crippen LogP contribution in [0.5, 0.6) is 0 Å². The van der Waals surface area contributed by atoms with Crippen molar-refractivity contribution in [3.05, 3.63) is 47.2 Å². The van der Waals surface area contributed by atoms with Crippen molar-refractivity contribution in [3.63, 3.8) is 0 Å². The van der Waals surface area contributed by atoms with E-state index in [1.165, 1.54) is 0 Å². The van der Waals surface area contributed by atoms with Gasteiger partial charge in [-0.3, -0.25) is 0 Å². The predicted molar refractivity (Wildman–Crippen MR) is 69.9 cm³/mol. The largest absolute Gasteiger partial charge is 0.311 e. The summed E-state index contributed by atoms with van der Waals surface area (Å²) in [6.07, 6.45) is 1.76. The van der Waals surface area contributed by atoms with Gasteiger partial charge in [-0.25, -0.2) is 9.97 Å². The molecule has 0 saturated carbocycles. The van der Waals surface area contributed by atoms with E-state index in [2.05, 4.69) is 22.2 Å². The lowest BCUT2D eigenvalue weighted by Gasteiger charge is -2.05. The lowest BCUT2D eigenvalue weighted by Crippen LogP contribution is -2.13. The Hall–Kier alpha value is -1.45. The summed E-state index contributed by atoms with van der Waals surface area (Å²) in [5.41, 5.74) is 1.84. The van der Waals surface area contributed by atoms with Crippen molar-refractivity contribution < 1.29 is 0 Å². The van der Waals surface area contributed by atoms with Gasteiger partial charge in [0.05, 0.1) is 10.7 Å². The summed E-state index contributed by atoms with van der Waals surface area (Å²) >= 11 is 6.12. The van der Waals surface area contributed by atoms with Gasteiger partial charge in [0.25, 0.3) is 0 Å². The van der Waals surface area contributed by atoms with Crippen LogP contribution in [0, 0.1) is 0 Å². The highest BCUT2D eigenvalue weighted by Gasteiger charge is 2.05. The second-order valence-corrected chi connectivity index (χ2v) is 4.04. The topological polar surface area (TPSA) is 37.8 Å². The molecule has 1 heterocycles. The molecule has 0 fully saturated rings. The van der Waals surface area contributed by atoms with E-state index in [9.17, 15) is 0 Å². The van der Waals surface area contributed by atoms with Crippen LogP contribution in [0.4, 0.5) is 0 Å². The maximum atomic E-state index is 6.12. The summed E-state index contributed by atoms with van der Waals surface area (Å²) in [6, 6.07) is 9.50. The molecular formula is C13H14ClN3. The Morgan fingerprint density at radius 2 is 2.06 bits per heavy atom. The van der Waals surface area contributed by atoms with Gasteiger partial charge >= 0.3 is 0 Å². The first-order chi connectivity index (χ1) is 8.31. The fourth-order valence-electron chi connectivity index (χ4n) is 1.52. The Bertz CT molecular complexity index is 500. The highest BCUT2D eigenvalue weighted by molar-refractivity contribution is 6.33. The lowest BCUT2D eigenvalue weighted by molar-refractivity contribution is 0.709. The van der Waals surface area contributed by atoms with Gasteiger partial charge < -0.3 is 5.32 Å². The molecule has 4 heteroatoms. The molecule has 0 saturated heterocycles. The molecule has 3 nitrogen and oxygen atoms in total. The molecule has 1 N–H and O–H groups in total. The van der Waals surface area contributed by atoms with Crippen LogP contribution in [0.15, 0.2) is 36.5 Å². The van der Waals surface area contributed by atoms with E-state index in [4.69, 9.17) is 11.6 Å². The van der Waals surface area contributed by atoms with Gasteiger partial charge in [-0.1, -0.05) is 30.7 Å². The molecule has 2 rings (SSSR count). The van der Waals surface area contributed by atoms with Crippen molar-refractivity contribution in [3.8, 4) is 11.4 Å². The highest BCUT2D eigenvalue weighted by atomic mass is 35.5. The number of nitrogens with one attached hydrogen (secondary N) is 1. The molecule has 1 aromatic heterocycles. The van der Waals surface area contributed by atoms with Crippen molar-refractivity contribution in [2.24, 2.45) is 0 Å². The maximum Gasteiger partial charge on any atom is 0.160 e. The van der Waals surface area contributed by atoms with E-state index in [1.807, 2.05) is 30.3 Å². The maximum absolute atomic E-state index is 6.12. The SMILES string of the molecule is CCNCc1ccnc(-c2ccccc2Cl)n1. The number of rotatable bonds is 4. The Kier molecular flexibility index (Phi) is 4.07. The summed E-state index contributed by atoms with van der Waals surface area (Å²) < 4.78 is 0. The second-order valence-electron chi connectivity index (χ2n) is 3.63. The predicted octanol–water partition coefficient (Wildman–Crippen LogP) is 2.91. The van der Waals surface area contributed by atoms with Gasteiger partial charge in [0.1, 0.15) is 0 Å². The molecule has 0 radical (unpaired) electrons. The quantitative estimate of drug-likeness (QED) is 0.903. The number of halogens is 1. The highest BCUT2D eigenvalue weighted by Crippen LogP contribution is 2.24. The number of benzene rings is 1. The van der Waals surface area contributed by atoms with Crippen molar-refractivity contribution in [1.29, 1.82) is 0 Å². The van der Waals surface area contributed by atoms with Crippen LogP contribution in [-0.2, 0) is 6.54 Å². The van der Waals surface area contributed by atoms with Gasteiger partial charge in [-0.2, -0.15) is 0 Å². The second kappa shape index (κ2) is 5.75. The minimum atomic E-state index is 0.672. The average molecular weight is 248 g/mol. The van der Waals surface area contributed by atoms with Crippen LogP contribution >= 0.6 is 11.6 Å². The first kappa shape index (κ1) is 12.0. The van der Waals surface area contributed by atoms with E-state index in [0.717, 1.165) is 24.3 Å². The average Bonchev–Trinajstić information content (AvgIpc) is 2.37. The Morgan fingerprint density at radius 3 is 2.82 bits per heavy atom. The molecule has 88 valence electrons. The van der Waals surface area contributed by atoms with E-state index < -0.39 is 0 Å². The number of hydrogen-bond donors (Lipinski definition) is 1. The standard InChI is InChI=1S/C13H14ClN3/c1-2-15-9-10-7-8-16-13(17-10)11-5-3-4-6-12(11)14/h3-8,15H,2,9H2,1H3. The molecule has 0 amide bonds. The summed E-state index contributed by atoms with van der Waals surface area (Å²) in [4.78, 5) is 8.74. The Morgan fingerprint density at radius 1 is 1.24 bits per heavy atom. The monoisotopic (exact) mass is 247 g/mol. The molecule has 1 aromatic carbocycles. The van der Waals surface area contributed by atoms with Gasteiger partial charge in [-0.15, -0.1) is 0 Å². The molecule has 17 heavy (non-hydrogen) atoms. The van der Waals surface area contributed by atoms with Crippen LogP contribution < -0.4 is 5.32 Å². The Labute approximate surface area is 106 Å². The van der Waals surface area contributed by atoms with Crippen molar-refractivity contribution in [2.45, 2.75) is 13.5 Å². The zero-order chi connectivity index (χ0) is 12.1. The van der Waals surface area contributed by atoms with Crippen LogP contribution in [0.2, 0.25) is 5.02 Å². The van der Waals surface area contributed by atoms with Crippen LogP contribution in [0.3, 0.4) is 0 Å². The summed E-state index contributed by atoms with van der Waals surface area (Å²) in [5.74, 6) is 0.672. The first-order valence-electron chi connectivity index (χ1n) is 5.59. The van der Waals surface area contributed by atoms with Crippen molar-refractivity contribution >= 4 is 11.6 Å². The van der Waals surface area contributed by atoms with Crippen molar-refractivity contribution in [2.75, 3.05) is 6.54 Å². The zero-order valence-corrected chi connectivity index (χ0v) is 10.4. The smallest absolute Gasteiger partial charge is 0.160 e. The van der Waals surface area contributed by atoms with E-state index >= 15 is 0 Å². The normalized spacial score (nSPS) is 10.5. The molecular weight excluding hydrogens is 234 g/mol. The van der Waals surface area contributed by atoms with Crippen molar-refractivity contribution in [1.82, 2.24) is 15.3 Å². The third-order valence-electron chi connectivity index (χ3n) is 2.38. The number of hydrogen-bond acceptors (Lipinski definition) is 3. The van der Waals surface area contributed by atoms with E-state index in [-0.39, 0.29) is 0 Å². The molecule has 0 atom stereocenters. The van der Waals surface area contributed by atoms with E-state index in [1.54, 1.807) is 6.20 Å². The third-order valence-corrected chi connectivity index (χ3v) is 2.71. The zero-order valence-electron chi connectivity index (χ0n) is 9.65. The van der Waals surface area contributed by atoms with E-state index in [0.29, 0.717) is 10.8 Å². The lowest BCUT2D eigenvalue weighted by atomic mass is 10.2. The van der Waals surface area contributed by atoms with Gasteiger partial charge in [0.2, 0.25) is 0 Å². The molecule has 0 bridgehead atoms. The minimum absolute atomic E-state index is 0.672. The van der Waals surface area contributed by atoms with Crippen LogP contribution in [0.25, 0.3) is 11.4 Å². The summed E-state index contributed by atoms with van der Waals surface area (Å²) in [6.45, 7) is 3.73. The van der Waals surface area contributed by atoms with Gasteiger partial charge in [0.15, 0.2) is 5.82 Å². The van der Waals surface area contributed by atoms with Gasteiger partial charge in [-0.05, 0) is 24.7 Å². The molecule has 0 aliphatic carbocycles. The molecule has 0 aliphatic rings. The van der Waals surface area contributed by atoms with Gasteiger partial charge in [0, 0.05) is 18.3 Å². The molecule has 0 aliphatic heterocycles. The molecule has 0 unspecified atom stereocenters. The summed E-state index contributed by atoms with van der Waals surface area (Å²) in [7, 11) is 0. The fourth-order valence-corrected chi connectivity index (χ4v) is 1.74. The van der Waals surface area contributed by atoms with Crippen LogP contribution in [0.1, 0.15) is 12.6 Å².